The number of morpholine rings is 1. The minimum atomic E-state index is -0.164. The first-order valence-corrected chi connectivity index (χ1v) is 6.91. The van der Waals surface area contributed by atoms with E-state index < -0.39 is 0 Å². The molecule has 2 aliphatic rings. The van der Waals surface area contributed by atoms with Crippen LogP contribution < -0.4 is 10.6 Å². The van der Waals surface area contributed by atoms with Crippen molar-refractivity contribution in [2.24, 2.45) is 11.8 Å². The van der Waals surface area contributed by atoms with Crippen molar-refractivity contribution in [3.63, 3.8) is 0 Å². The monoisotopic (exact) mass is 269 g/mol. The molecule has 0 aliphatic carbocycles. The Hall–Kier alpha value is -1.30. The van der Waals surface area contributed by atoms with Gasteiger partial charge in [0.2, 0.25) is 5.91 Å². The number of amides is 3. The fourth-order valence-corrected chi connectivity index (χ4v) is 2.69. The average molecular weight is 269 g/mol. The summed E-state index contributed by atoms with van der Waals surface area (Å²) in [7, 11) is 1.62. The standard InChI is InChI=1S/C13H23N3O3/c1-8(2)5-15-12(17)10-4-9-6-16(13(18)14-3)7-11(10)19-9/h8-11H,4-7H2,1-3H3,(H,14,18)(H,15,17). The third kappa shape index (κ3) is 3.18. The lowest BCUT2D eigenvalue weighted by atomic mass is 9.99. The Bertz CT molecular complexity index is 359. The summed E-state index contributed by atoms with van der Waals surface area (Å²) < 4.78 is 5.78. The maximum atomic E-state index is 12.1. The number of urea groups is 1. The molecule has 2 aliphatic heterocycles. The molecule has 2 saturated heterocycles. The molecule has 6 nitrogen and oxygen atoms in total. The zero-order valence-electron chi connectivity index (χ0n) is 11.8. The van der Waals surface area contributed by atoms with Gasteiger partial charge in [-0.2, -0.15) is 0 Å². The molecule has 3 unspecified atom stereocenters. The van der Waals surface area contributed by atoms with Gasteiger partial charge in [-0.05, 0) is 12.3 Å². The lowest BCUT2D eigenvalue weighted by molar-refractivity contribution is -0.127. The minimum Gasteiger partial charge on any atom is -0.370 e. The zero-order valence-corrected chi connectivity index (χ0v) is 11.8. The molecular formula is C13H23N3O3. The number of hydrogen-bond donors (Lipinski definition) is 2. The highest BCUT2D eigenvalue weighted by Crippen LogP contribution is 2.32. The number of nitrogens with zero attached hydrogens (tertiary/aromatic N) is 1. The second-order valence-electron chi connectivity index (χ2n) is 5.74. The summed E-state index contributed by atoms with van der Waals surface area (Å²) in [5.41, 5.74) is 0. The summed E-state index contributed by atoms with van der Waals surface area (Å²) in [4.78, 5) is 25.5. The molecule has 3 atom stereocenters. The number of fused-ring (bicyclic) bond motifs is 2. The van der Waals surface area contributed by atoms with Crippen LogP contribution in [0.4, 0.5) is 4.79 Å². The zero-order chi connectivity index (χ0) is 14.0. The van der Waals surface area contributed by atoms with Crippen LogP contribution in [0.3, 0.4) is 0 Å². The quantitative estimate of drug-likeness (QED) is 0.768. The SMILES string of the molecule is CNC(=O)N1CC2CC(C(=O)NCC(C)C)C(C1)O2. The Morgan fingerprint density at radius 2 is 2.11 bits per heavy atom. The van der Waals surface area contributed by atoms with Gasteiger partial charge in [-0.1, -0.05) is 13.8 Å². The topological polar surface area (TPSA) is 70.7 Å². The molecule has 3 amide bonds. The predicted octanol–water partition coefficient (Wildman–Crippen LogP) is 0.187. The number of ether oxygens (including phenoxy) is 1. The van der Waals surface area contributed by atoms with Gasteiger partial charge in [0, 0.05) is 26.7 Å². The highest BCUT2D eigenvalue weighted by atomic mass is 16.5. The Morgan fingerprint density at radius 3 is 2.74 bits per heavy atom. The van der Waals surface area contributed by atoms with Crippen molar-refractivity contribution in [1.29, 1.82) is 0 Å². The molecule has 2 heterocycles. The van der Waals surface area contributed by atoms with Crippen molar-refractivity contribution < 1.29 is 14.3 Å². The molecule has 108 valence electrons. The molecule has 0 spiro atoms. The molecule has 0 saturated carbocycles. The van der Waals surface area contributed by atoms with Gasteiger partial charge < -0.3 is 20.3 Å². The first-order valence-electron chi connectivity index (χ1n) is 6.91. The van der Waals surface area contributed by atoms with Crippen LogP contribution >= 0.6 is 0 Å². The second-order valence-corrected chi connectivity index (χ2v) is 5.74. The van der Waals surface area contributed by atoms with E-state index in [4.69, 9.17) is 4.74 Å². The highest BCUT2D eigenvalue weighted by molar-refractivity contribution is 5.80. The van der Waals surface area contributed by atoms with Crippen molar-refractivity contribution in [1.82, 2.24) is 15.5 Å². The Balaban J connectivity index is 1.92. The highest BCUT2D eigenvalue weighted by Gasteiger charge is 2.45. The summed E-state index contributed by atoms with van der Waals surface area (Å²) in [6.45, 7) is 5.89. The van der Waals surface area contributed by atoms with E-state index in [0.29, 0.717) is 32.0 Å². The van der Waals surface area contributed by atoms with Crippen LogP contribution in [0.5, 0.6) is 0 Å². The molecular weight excluding hydrogens is 246 g/mol. The lowest BCUT2D eigenvalue weighted by Gasteiger charge is -2.32. The largest absolute Gasteiger partial charge is 0.370 e. The van der Waals surface area contributed by atoms with E-state index in [1.807, 2.05) is 0 Å². The maximum absolute atomic E-state index is 12.1. The van der Waals surface area contributed by atoms with E-state index in [1.54, 1.807) is 11.9 Å². The number of carbonyl (C=O) groups excluding carboxylic acids is 2. The molecule has 19 heavy (non-hydrogen) atoms. The van der Waals surface area contributed by atoms with Crippen LogP contribution in [0.2, 0.25) is 0 Å². The van der Waals surface area contributed by atoms with Gasteiger partial charge in [0.05, 0.1) is 18.1 Å². The van der Waals surface area contributed by atoms with Gasteiger partial charge in [-0.25, -0.2) is 4.79 Å². The molecule has 2 rings (SSSR count). The summed E-state index contributed by atoms with van der Waals surface area (Å²) in [5, 5.41) is 5.58. The molecule has 0 aromatic carbocycles. The molecule has 2 fully saturated rings. The van der Waals surface area contributed by atoms with E-state index >= 15 is 0 Å². The van der Waals surface area contributed by atoms with Crippen LogP contribution in [-0.4, -0.2) is 55.7 Å². The van der Waals surface area contributed by atoms with Crippen LogP contribution in [0.1, 0.15) is 20.3 Å². The Kier molecular flexibility index (Phi) is 4.29. The van der Waals surface area contributed by atoms with E-state index in [2.05, 4.69) is 24.5 Å². The van der Waals surface area contributed by atoms with Gasteiger partial charge in [0.25, 0.3) is 0 Å². The van der Waals surface area contributed by atoms with Gasteiger partial charge in [0.15, 0.2) is 0 Å². The second kappa shape index (κ2) is 5.77. The smallest absolute Gasteiger partial charge is 0.317 e. The third-order valence-corrected chi connectivity index (χ3v) is 3.68. The first kappa shape index (κ1) is 14.1. The number of carbonyl (C=O) groups is 2. The van der Waals surface area contributed by atoms with E-state index in [0.717, 1.165) is 0 Å². The summed E-state index contributed by atoms with van der Waals surface area (Å²) in [6, 6.07) is -0.0958. The fourth-order valence-electron chi connectivity index (χ4n) is 2.69. The average Bonchev–Trinajstić information content (AvgIpc) is 2.69. The van der Waals surface area contributed by atoms with Crippen LogP contribution in [0, 0.1) is 11.8 Å². The molecule has 0 aromatic rings. The van der Waals surface area contributed by atoms with Crippen LogP contribution in [-0.2, 0) is 9.53 Å². The van der Waals surface area contributed by atoms with Crippen LogP contribution in [0.25, 0.3) is 0 Å². The van der Waals surface area contributed by atoms with Gasteiger partial charge >= 0.3 is 6.03 Å². The Morgan fingerprint density at radius 1 is 1.37 bits per heavy atom. The third-order valence-electron chi connectivity index (χ3n) is 3.68. The van der Waals surface area contributed by atoms with Crippen LogP contribution in [0.15, 0.2) is 0 Å². The molecule has 2 bridgehead atoms. The van der Waals surface area contributed by atoms with E-state index in [9.17, 15) is 9.59 Å². The van der Waals surface area contributed by atoms with Gasteiger partial charge in [-0.3, -0.25) is 4.79 Å². The minimum absolute atomic E-state index is 0.00847. The maximum Gasteiger partial charge on any atom is 0.317 e. The number of rotatable bonds is 3. The number of nitrogens with one attached hydrogen (secondary N) is 2. The van der Waals surface area contributed by atoms with Crippen molar-refractivity contribution in [2.75, 3.05) is 26.7 Å². The van der Waals surface area contributed by atoms with Crippen molar-refractivity contribution in [3.8, 4) is 0 Å². The summed E-state index contributed by atoms with van der Waals surface area (Å²) in [6.07, 6.45) is 0.538. The molecule has 6 heteroatoms. The van der Waals surface area contributed by atoms with E-state index in [-0.39, 0.29) is 30.1 Å². The van der Waals surface area contributed by atoms with Gasteiger partial charge in [-0.15, -0.1) is 0 Å². The fraction of sp³-hybridized carbons (Fsp3) is 0.846. The molecule has 0 aromatic heterocycles. The number of hydrogen-bond acceptors (Lipinski definition) is 3. The summed E-state index contributed by atoms with van der Waals surface area (Å²) >= 11 is 0. The van der Waals surface area contributed by atoms with Crippen molar-refractivity contribution in [2.45, 2.75) is 32.5 Å². The first-order chi connectivity index (χ1) is 9.01. The van der Waals surface area contributed by atoms with Crippen molar-refractivity contribution in [3.05, 3.63) is 0 Å². The molecule has 0 radical (unpaired) electrons. The lowest BCUT2D eigenvalue weighted by Crippen LogP contribution is -2.50. The normalized spacial score (nSPS) is 29.5. The molecule has 2 N–H and O–H groups in total. The van der Waals surface area contributed by atoms with Gasteiger partial charge in [0.1, 0.15) is 0 Å². The van der Waals surface area contributed by atoms with Crippen molar-refractivity contribution >= 4 is 11.9 Å². The summed E-state index contributed by atoms with van der Waals surface area (Å²) in [5.74, 6) is 0.367. The predicted molar refractivity (Wildman–Crippen MR) is 70.6 cm³/mol. The number of likely N-dealkylation sites (tertiary alicyclic amines) is 1. The van der Waals surface area contributed by atoms with E-state index in [1.165, 1.54) is 0 Å². The Labute approximate surface area is 113 Å².